The highest BCUT2D eigenvalue weighted by Crippen LogP contribution is 2.35. The van der Waals surface area contributed by atoms with Crippen molar-refractivity contribution < 1.29 is 19.3 Å². The van der Waals surface area contributed by atoms with E-state index in [9.17, 15) is 5.11 Å². The molecule has 5 heteroatoms. The lowest BCUT2D eigenvalue weighted by Crippen LogP contribution is -2.34. The van der Waals surface area contributed by atoms with Crippen LogP contribution < -0.4 is 9.47 Å². The molecule has 3 rings (SSSR count). The topological polar surface area (TPSA) is 51.2 Å². The average molecular weight is 305 g/mol. The zero-order valence-corrected chi connectivity index (χ0v) is 13.0. The lowest BCUT2D eigenvalue weighted by Gasteiger charge is -2.26. The SMILES string of the molecule is COc1cccc2c1OCC(CN1CCOC[C@H](CO)C1)=C2. The number of rotatable bonds is 4. The third kappa shape index (κ3) is 3.43. The van der Waals surface area contributed by atoms with Crippen LogP contribution in [0.5, 0.6) is 11.5 Å². The summed E-state index contributed by atoms with van der Waals surface area (Å²) in [6.45, 7) is 4.70. The van der Waals surface area contributed by atoms with Gasteiger partial charge in [-0.15, -0.1) is 0 Å². The molecule has 0 bridgehead atoms. The molecule has 1 fully saturated rings. The predicted octanol–water partition coefficient (Wildman–Crippen LogP) is 1.41. The van der Waals surface area contributed by atoms with Crippen LogP contribution in [0.25, 0.3) is 6.08 Å². The minimum atomic E-state index is 0.173. The zero-order valence-electron chi connectivity index (χ0n) is 13.0. The highest BCUT2D eigenvalue weighted by Gasteiger charge is 2.21. The number of benzene rings is 1. The summed E-state index contributed by atoms with van der Waals surface area (Å²) < 4.78 is 16.8. The highest BCUT2D eigenvalue weighted by molar-refractivity contribution is 5.66. The quantitative estimate of drug-likeness (QED) is 0.911. The van der Waals surface area contributed by atoms with E-state index in [0.717, 1.165) is 43.3 Å². The summed E-state index contributed by atoms with van der Waals surface area (Å²) >= 11 is 0. The van der Waals surface area contributed by atoms with Gasteiger partial charge in [-0.25, -0.2) is 0 Å². The third-order valence-corrected chi connectivity index (χ3v) is 4.10. The minimum absolute atomic E-state index is 0.173. The molecule has 2 aliphatic heterocycles. The van der Waals surface area contributed by atoms with E-state index in [0.29, 0.717) is 13.2 Å². The van der Waals surface area contributed by atoms with Crippen LogP contribution in [0.4, 0.5) is 0 Å². The van der Waals surface area contributed by atoms with Crippen LogP contribution in [0.15, 0.2) is 23.8 Å². The molecule has 0 radical (unpaired) electrons. The standard InChI is InChI=1S/C17H23NO4/c1-20-16-4-2-3-15-7-13(12-22-17(15)16)8-18-5-6-21-11-14(9-18)10-19/h2-4,7,14,19H,5-6,8-12H2,1H3/t14-/m0/s1. The van der Waals surface area contributed by atoms with Crippen molar-refractivity contribution >= 4 is 6.08 Å². The van der Waals surface area contributed by atoms with Gasteiger partial charge in [-0.2, -0.15) is 0 Å². The Morgan fingerprint density at radius 1 is 1.41 bits per heavy atom. The number of ether oxygens (including phenoxy) is 3. The number of nitrogens with zero attached hydrogens (tertiary/aromatic N) is 1. The monoisotopic (exact) mass is 305 g/mol. The van der Waals surface area contributed by atoms with Crippen molar-refractivity contribution in [3.63, 3.8) is 0 Å². The fraction of sp³-hybridized carbons (Fsp3) is 0.529. The summed E-state index contributed by atoms with van der Waals surface area (Å²) in [7, 11) is 1.66. The molecule has 0 aromatic heterocycles. The van der Waals surface area contributed by atoms with Crippen molar-refractivity contribution in [2.45, 2.75) is 0 Å². The van der Waals surface area contributed by atoms with Crippen molar-refractivity contribution in [3.05, 3.63) is 29.3 Å². The summed E-state index contributed by atoms with van der Waals surface area (Å²) in [6, 6.07) is 5.93. The Labute approximate surface area is 131 Å². The number of methoxy groups -OCH3 is 1. The van der Waals surface area contributed by atoms with E-state index in [1.54, 1.807) is 7.11 Å². The maximum atomic E-state index is 9.37. The van der Waals surface area contributed by atoms with E-state index in [4.69, 9.17) is 14.2 Å². The first-order valence-electron chi connectivity index (χ1n) is 7.70. The van der Waals surface area contributed by atoms with Gasteiger partial charge in [0.1, 0.15) is 6.61 Å². The summed E-state index contributed by atoms with van der Waals surface area (Å²) in [6.07, 6.45) is 2.18. The molecule has 0 saturated carbocycles. The summed E-state index contributed by atoms with van der Waals surface area (Å²) in [5.74, 6) is 1.79. The fourth-order valence-electron chi connectivity index (χ4n) is 2.97. The first-order chi connectivity index (χ1) is 10.8. The number of aliphatic hydroxyl groups excluding tert-OH is 1. The van der Waals surface area contributed by atoms with Crippen molar-refractivity contribution in [2.75, 3.05) is 53.2 Å². The molecular weight excluding hydrogens is 282 g/mol. The Hall–Kier alpha value is -1.56. The van der Waals surface area contributed by atoms with Gasteiger partial charge in [0.05, 0.1) is 20.3 Å². The molecule has 22 heavy (non-hydrogen) atoms. The van der Waals surface area contributed by atoms with Gasteiger partial charge in [0.2, 0.25) is 0 Å². The van der Waals surface area contributed by atoms with Gasteiger partial charge in [-0.3, -0.25) is 4.90 Å². The van der Waals surface area contributed by atoms with Gasteiger partial charge >= 0.3 is 0 Å². The number of fused-ring (bicyclic) bond motifs is 1. The normalized spacial score (nSPS) is 22.3. The number of aliphatic hydroxyl groups is 1. The molecule has 1 atom stereocenters. The second-order valence-electron chi connectivity index (χ2n) is 5.83. The Bertz CT molecular complexity index is 543. The molecule has 5 nitrogen and oxygen atoms in total. The summed E-state index contributed by atoms with van der Waals surface area (Å²) in [4.78, 5) is 2.33. The van der Waals surface area contributed by atoms with Gasteiger partial charge < -0.3 is 19.3 Å². The molecule has 2 aliphatic rings. The van der Waals surface area contributed by atoms with Gasteiger partial charge in [0, 0.05) is 37.7 Å². The Morgan fingerprint density at radius 3 is 3.14 bits per heavy atom. The van der Waals surface area contributed by atoms with Crippen LogP contribution >= 0.6 is 0 Å². The first-order valence-corrected chi connectivity index (χ1v) is 7.70. The van der Waals surface area contributed by atoms with Crippen molar-refractivity contribution in [1.82, 2.24) is 4.90 Å². The molecule has 1 aromatic rings. The highest BCUT2D eigenvalue weighted by atomic mass is 16.5. The molecule has 1 saturated heterocycles. The van der Waals surface area contributed by atoms with Crippen LogP contribution in [-0.2, 0) is 4.74 Å². The maximum Gasteiger partial charge on any atom is 0.168 e. The van der Waals surface area contributed by atoms with E-state index in [2.05, 4.69) is 11.0 Å². The van der Waals surface area contributed by atoms with E-state index in [-0.39, 0.29) is 12.5 Å². The molecule has 0 aliphatic carbocycles. The van der Waals surface area contributed by atoms with Gasteiger partial charge in [-0.1, -0.05) is 12.1 Å². The average Bonchev–Trinajstić information content (AvgIpc) is 2.79. The molecule has 2 heterocycles. The smallest absolute Gasteiger partial charge is 0.168 e. The summed E-state index contributed by atoms with van der Waals surface area (Å²) in [5.41, 5.74) is 2.30. The molecule has 0 amide bonds. The van der Waals surface area contributed by atoms with Crippen molar-refractivity contribution in [1.29, 1.82) is 0 Å². The largest absolute Gasteiger partial charge is 0.493 e. The Morgan fingerprint density at radius 2 is 2.32 bits per heavy atom. The Kier molecular flexibility index (Phi) is 4.97. The van der Waals surface area contributed by atoms with Crippen molar-refractivity contribution in [2.24, 2.45) is 5.92 Å². The molecule has 120 valence electrons. The number of hydrogen-bond donors (Lipinski definition) is 1. The molecule has 0 unspecified atom stereocenters. The fourth-order valence-corrected chi connectivity index (χ4v) is 2.97. The van der Waals surface area contributed by atoms with Gasteiger partial charge in [0.15, 0.2) is 11.5 Å². The molecule has 1 aromatic carbocycles. The number of para-hydroxylation sites is 1. The van der Waals surface area contributed by atoms with Crippen LogP contribution in [0.3, 0.4) is 0 Å². The van der Waals surface area contributed by atoms with Crippen molar-refractivity contribution in [3.8, 4) is 11.5 Å². The van der Waals surface area contributed by atoms with Crippen LogP contribution in [-0.4, -0.2) is 63.2 Å². The van der Waals surface area contributed by atoms with E-state index in [1.807, 2.05) is 18.2 Å². The minimum Gasteiger partial charge on any atom is -0.493 e. The Balaban J connectivity index is 1.71. The first kappa shape index (κ1) is 15.3. The van der Waals surface area contributed by atoms with Gasteiger partial charge in [-0.05, 0) is 17.7 Å². The zero-order chi connectivity index (χ0) is 15.4. The third-order valence-electron chi connectivity index (χ3n) is 4.10. The molecule has 1 N–H and O–H groups in total. The van der Waals surface area contributed by atoms with Gasteiger partial charge in [0.25, 0.3) is 0 Å². The second-order valence-corrected chi connectivity index (χ2v) is 5.83. The predicted molar refractivity (Wildman–Crippen MR) is 84.3 cm³/mol. The second kappa shape index (κ2) is 7.13. The molecule has 0 spiro atoms. The molecular formula is C17H23NO4. The lowest BCUT2D eigenvalue weighted by molar-refractivity contribution is 0.0958. The van der Waals surface area contributed by atoms with Crippen LogP contribution in [0.2, 0.25) is 0 Å². The van der Waals surface area contributed by atoms with E-state index in [1.165, 1.54) is 5.57 Å². The maximum absolute atomic E-state index is 9.37. The van der Waals surface area contributed by atoms with E-state index >= 15 is 0 Å². The lowest BCUT2D eigenvalue weighted by atomic mass is 10.1. The van der Waals surface area contributed by atoms with Crippen LogP contribution in [0, 0.1) is 5.92 Å². The van der Waals surface area contributed by atoms with Crippen LogP contribution in [0.1, 0.15) is 5.56 Å². The number of hydrogen-bond acceptors (Lipinski definition) is 5. The van der Waals surface area contributed by atoms with E-state index < -0.39 is 0 Å². The summed E-state index contributed by atoms with van der Waals surface area (Å²) in [5, 5.41) is 9.37.